The first-order valence-corrected chi connectivity index (χ1v) is 9.42. The van der Waals surface area contributed by atoms with E-state index in [-0.39, 0.29) is 11.9 Å². The molecule has 1 heterocycles. The number of rotatable bonds is 8. The van der Waals surface area contributed by atoms with Crippen LogP contribution in [0.3, 0.4) is 0 Å². The van der Waals surface area contributed by atoms with Crippen LogP contribution in [0.25, 0.3) is 0 Å². The highest BCUT2D eigenvalue weighted by atomic mass is 16.2. The van der Waals surface area contributed by atoms with Gasteiger partial charge in [-0.05, 0) is 49.7 Å². The molecule has 6 heteroatoms. The molecule has 27 heavy (non-hydrogen) atoms. The van der Waals surface area contributed by atoms with Crippen molar-refractivity contribution in [1.82, 2.24) is 10.6 Å². The SMILES string of the molecule is CCN(CCCNC(=O)c1ccc(N2CCNC2=O)cc1)c1ccccc1. The summed E-state index contributed by atoms with van der Waals surface area (Å²) >= 11 is 0. The van der Waals surface area contributed by atoms with E-state index in [0.29, 0.717) is 25.2 Å². The molecule has 0 spiro atoms. The number of nitrogens with zero attached hydrogens (tertiary/aromatic N) is 2. The third-order valence-corrected chi connectivity index (χ3v) is 4.69. The molecule has 2 N–H and O–H groups in total. The number of urea groups is 1. The molecule has 0 unspecified atom stereocenters. The summed E-state index contributed by atoms with van der Waals surface area (Å²) in [6, 6.07) is 17.4. The van der Waals surface area contributed by atoms with Crippen LogP contribution in [0, 0.1) is 0 Å². The third kappa shape index (κ3) is 4.78. The molecule has 0 radical (unpaired) electrons. The number of para-hydroxylation sites is 1. The fourth-order valence-electron chi connectivity index (χ4n) is 3.19. The van der Waals surface area contributed by atoms with E-state index in [9.17, 15) is 9.59 Å². The molecule has 0 aliphatic carbocycles. The molecule has 0 bridgehead atoms. The zero-order valence-corrected chi connectivity index (χ0v) is 15.6. The molecule has 1 aliphatic heterocycles. The Bertz CT molecular complexity index is 762. The Kier molecular flexibility index (Phi) is 6.30. The molecule has 0 aromatic heterocycles. The fraction of sp³-hybridized carbons (Fsp3) is 0.333. The van der Waals surface area contributed by atoms with Crippen molar-refractivity contribution in [2.75, 3.05) is 42.5 Å². The summed E-state index contributed by atoms with van der Waals surface area (Å²) in [6.45, 7) is 5.89. The van der Waals surface area contributed by atoms with Crippen LogP contribution in [0.1, 0.15) is 23.7 Å². The number of nitrogens with one attached hydrogen (secondary N) is 2. The lowest BCUT2D eigenvalue weighted by atomic mass is 10.2. The number of benzene rings is 2. The molecular formula is C21H26N4O2. The number of hydrogen-bond acceptors (Lipinski definition) is 3. The molecule has 0 atom stereocenters. The molecule has 1 aliphatic rings. The first-order chi connectivity index (χ1) is 13.2. The molecule has 1 saturated heterocycles. The van der Waals surface area contributed by atoms with Gasteiger partial charge in [0, 0.05) is 49.7 Å². The third-order valence-electron chi connectivity index (χ3n) is 4.69. The number of anilines is 2. The lowest BCUT2D eigenvalue weighted by Gasteiger charge is -2.23. The van der Waals surface area contributed by atoms with E-state index in [4.69, 9.17) is 0 Å². The minimum absolute atomic E-state index is 0.0878. The number of amides is 3. The number of carbonyl (C=O) groups is 2. The Morgan fingerprint density at radius 3 is 2.52 bits per heavy atom. The zero-order valence-electron chi connectivity index (χ0n) is 15.6. The second-order valence-corrected chi connectivity index (χ2v) is 6.46. The van der Waals surface area contributed by atoms with Crippen molar-refractivity contribution in [1.29, 1.82) is 0 Å². The van der Waals surface area contributed by atoms with E-state index < -0.39 is 0 Å². The number of carbonyl (C=O) groups excluding carboxylic acids is 2. The molecule has 142 valence electrons. The highest BCUT2D eigenvalue weighted by molar-refractivity contribution is 5.96. The van der Waals surface area contributed by atoms with Crippen molar-refractivity contribution < 1.29 is 9.59 Å². The summed E-state index contributed by atoms with van der Waals surface area (Å²) < 4.78 is 0. The van der Waals surface area contributed by atoms with Crippen LogP contribution in [0.2, 0.25) is 0 Å². The maximum Gasteiger partial charge on any atom is 0.321 e. The van der Waals surface area contributed by atoms with Crippen LogP contribution in [-0.4, -0.2) is 44.7 Å². The van der Waals surface area contributed by atoms with Crippen molar-refractivity contribution in [2.24, 2.45) is 0 Å². The Morgan fingerprint density at radius 1 is 1.15 bits per heavy atom. The van der Waals surface area contributed by atoms with Crippen LogP contribution in [0.15, 0.2) is 54.6 Å². The van der Waals surface area contributed by atoms with Gasteiger partial charge >= 0.3 is 6.03 Å². The summed E-state index contributed by atoms with van der Waals surface area (Å²) in [5, 5.41) is 5.74. The summed E-state index contributed by atoms with van der Waals surface area (Å²) in [4.78, 5) is 28.0. The molecule has 2 aromatic carbocycles. The second kappa shape index (κ2) is 9.07. The molecular weight excluding hydrogens is 340 g/mol. The summed E-state index contributed by atoms with van der Waals surface area (Å²) in [6.07, 6.45) is 0.876. The summed E-state index contributed by atoms with van der Waals surface area (Å²) in [7, 11) is 0. The van der Waals surface area contributed by atoms with Crippen LogP contribution in [0.5, 0.6) is 0 Å². The van der Waals surface area contributed by atoms with Crippen molar-refractivity contribution in [3.63, 3.8) is 0 Å². The van der Waals surface area contributed by atoms with Gasteiger partial charge in [-0.15, -0.1) is 0 Å². The largest absolute Gasteiger partial charge is 0.372 e. The molecule has 6 nitrogen and oxygen atoms in total. The fourth-order valence-corrected chi connectivity index (χ4v) is 3.19. The smallest absolute Gasteiger partial charge is 0.321 e. The monoisotopic (exact) mass is 366 g/mol. The lowest BCUT2D eigenvalue weighted by molar-refractivity contribution is 0.0953. The molecule has 3 rings (SSSR count). The Labute approximate surface area is 160 Å². The van der Waals surface area contributed by atoms with Gasteiger partial charge < -0.3 is 15.5 Å². The van der Waals surface area contributed by atoms with Crippen LogP contribution >= 0.6 is 0 Å². The van der Waals surface area contributed by atoms with Gasteiger partial charge in [0.25, 0.3) is 5.91 Å². The molecule has 3 amide bonds. The van der Waals surface area contributed by atoms with E-state index in [1.807, 2.05) is 30.3 Å². The van der Waals surface area contributed by atoms with Crippen molar-refractivity contribution in [2.45, 2.75) is 13.3 Å². The van der Waals surface area contributed by atoms with Gasteiger partial charge in [-0.1, -0.05) is 18.2 Å². The summed E-state index contributed by atoms with van der Waals surface area (Å²) in [5.74, 6) is -0.0878. The normalized spacial score (nSPS) is 13.4. The van der Waals surface area contributed by atoms with E-state index in [0.717, 1.165) is 25.2 Å². The molecule has 2 aromatic rings. The van der Waals surface area contributed by atoms with Crippen molar-refractivity contribution in [3.05, 3.63) is 60.2 Å². The van der Waals surface area contributed by atoms with Gasteiger partial charge in [0.2, 0.25) is 0 Å². The predicted molar refractivity (Wildman–Crippen MR) is 108 cm³/mol. The lowest BCUT2D eigenvalue weighted by Crippen LogP contribution is -2.30. The van der Waals surface area contributed by atoms with E-state index >= 15 is 0 Å². The van der Waals surface area contributed by atoms with E-state index in [2.05, 4.69) is 34.6 Å². The minimum Gasteiger partial charge on any atom is -0.372 e. The Hall–Kier alpha value is -3.02. The first-order valence-electron chi connectivity index (χ1n) is 9.42. The Morgan fingerprint density at radius 2 is 1.89 bits per heavy atom. The van der Waals surface area contributed by atoms with Crippen molar-refractivity contribution in [3.8, 4) is 0 Å². The van der Waals surface area contributed by atoms with Gasteiger partial charge in [-0.3, -0.25) is 9.69 Å². The highest BCUT2D eigenvalue weighted by Crippen LogP contribution is 2.17. The van der Waals surface area contributed by atoms with Crippen molar-refractivity contribution >= 4 is 23.3 Å². The topological polar surface area (TPSA) is 64.7 Å². The Balaban J connectivity index is 1.46. The standard InChI is InChI=1S/C21H26N4O2/c1-2-24(18-7-4-3-5-8-18)15-6-13-22-20(26)17-9-11-19(12-10-17)25-16-14-23-21(25)27/h3-5,7-12H,2,6,13-16H2,1H3,(H,22,26)(H,23,27). The van der Waals surface area contributed by atoms with E-state index in [1.165, 1.54) is 5.69 Å². The van der Waals surface area contributed by atoms with Gasteiger partial charge in [0.05, 0.1) is 0 Å². The quantitative estimate of drug-likeness (QED) is 0.706. The van der Waals surface area contributed by atoms with Gasteiger partial charge in [0.15, 0.2) is 0 Å². The molecule has 1 fully saturated rings. The van der Waals surface area contributed by atoms with E-state index in [1.54, 1.807) is 17.0 Å². The van der Waals surface area contributed by atoms with Gasteiger partial charge in [0.1, 0.15) is 0 Å². The first kappa shape index (κ1) is 18.8. The van der Waals surface area contributed by atoms with Gasteiger partial charge in [-0.25, -0.2) is 4.79 Å². The average molecular weight is 366 g/mol. The predicted octanol–water partition coefficient (Wildman–Crippen LogP) is 2.86. The zero-order chi connectivity index (χ0) is 19.1. The highest BCUT2D eigenvalue weighted by Gasteiger charge is 2.21. The van der Waals surface area contributed by atoms with Crippen LogP contribution in [0.4, 0.5) is 16.2 Å². The summed E-state index contributed by atoms with van der Waals surface area (Å²) in [5.41, 5.74) is 2.62. The maximum atomic E-state index is 12.3. The minimum atomic E-state index is -0.0916. The maximum absolute atomic E-state index is 12.3. The molecule has 0 saturated carbocycles. The number of hydrogen-bond donors (Lipinski definition) is 2. The average Bonchev–Trinajstić information content (AvgIpc) is 3.14. The van der Waals surface area contributed by atoms with Crippen LogP contribution in [-0.2, 0) is 0 Å². The second-order valence-electron chi connectivity index (χ2n) is 6.46. The van der Waals surface area contributed by atoms with Gasteiger partial charge in [-0.2, -0.15) is 0 Å². The van der Waals surface area contributed by atoms with Crippen LogP contribution < -0.4 is 20.4 Å².